The summed E-state index contributed by atoms with van der Waals surface area (Å²) in [6.07, 6.45) is 5.31. The van der Waals surface area contributed by atoms with Crippen molar-refractivity contribution >= 4 is 88.3 Å². The van der Waals surface area contributed by atoms with Gasteiger partial charge in [0.05, 0.1) is 26.2 Å². The highest BCUT2D eigenvalue weighted by Crippen LogP contribution is 2.40. The molecule has 3 aromatic heterocycles. The van der Waals surface area contributed by atoms with Gasteiger partial charge in [-0.2, -0.15) is 0 Å². The lowest BCUT2D eigenvalue weighted by Gasteiger charge is -2.05. The van der Waals surface area contributed by atoms with Crippen LogP contribution in [0.5, 0.6) is 0 Å². The minimum atomic E-state index is 1.17. The Balaban J connectivity index is 2.02. The van der Waals surface area contributed by atoms with Crippen molar-refractivity contribution in [2.24, 2.45) is 0 Å². The predicted octanol–water partition coefficient (Wildman–Crippen LogP) is 6.71. The molecule has 0 aliphatic rings. The Morgan fingerprint density at radius 2 is 1.53 bits per heavy atom. The summed E-state index contributed by atoms with van der Waals surface area (Å²) in [6, 6.07) is 4.69. The molecule has 102 valence electrons. The first-order valence-electron chi connectivity index (χ1n) is 6.57. The summed E-state index contributed by atoms with van der Waals surface area (Å²) in [5.74, 6) is 0. The zero-order valence-corrected chi connectivity index (χ0v) is 16.7. The van der Waals surface area contributed by atoms with Crippen molar-refractivity contribution in [3.05, 3.63) is 17.9 Å². The molecule has 0 aliphatic heterocycles. The molecule has 0 N–H and O–H groups in total. The fourth-order valence-electron chi connectivity index (χ4n) is 2.50. The van der Waals surface area contributed by atoms with Crippen LogP contribution >= 0.6 is 67.9 Å². The fourth-order valence-corrected chi connectivity index (χ4v) is 6.33. The summed E-state index contributed by atoms with van der Waals surface area (Å²) in [6.45, 7) is 3.44. The summed E-state index contributed by atoms with van der Waals surface area (Å²) in [5, 5.41) is 0. The molecule has 0 aromatic carbocycles. The number of unbranched alkanes of at least 4 members (excludes halogenated alkanes) is 3. The van der Waals surface area contributed by atoms with Gasteiger partial charge in [-0.25, -0.2) is 0 Å². The lowest BCUT2D eigenvalue weighted by molar-refractivity contribution is 0.602. The maximum atomic E-state index is 2.54. The molecule has 0 spiro atoms. The minimum Gasteiger partial charge on any atom is -0.339 e. The number of hydrogen-bond acceptors (Lipinski definition) is 2. The van der Waals surface area contributed by atoms with Crippen molar-refractivity contribution in [1.82, 2.24) is 4.57 Å². The van der Waals surface area contributed by atoms with Gasteiger partial charge >= 0.3 is 0 Å². The van der Waals surface area contributed by atoms with Gasteiger partial charge in [0.15, 0.2) is 0 Å². The first-order valence-corrected chi connectivity index (χ1v) is 10.4. The second-order valence-corrected chi connectivity index (χ2v) is 10.6. The molecule has 0 atom stereocenters. The number of hydrogen-bond donors (Lipinski definition) is 0. The molecule has 1 nitrogen and oxygen atoms in total. The average molecular weight is 515 g/mol. The lowest BCUT2D eigenvalue weighted by Crippen LogP contribution is -1.96. The number of thiophene rings is 2. The molecular weight excluding hydrogens is 500 g/mol. The lowest BCUT2D eigenvalue weighted by atomic mass is 10.2. The van der Waals surface area contributed by atoms with Gasteiger partial charge in [0.1, 0.15) is 0 Å². The van der Waals surface area contributed by atoms with E-state index in [1.807, 2.05) is 22.7 Å². The second-order valence-electron chi connectivity index (χ2n) is 4.74. The topological polar surface area (TPSA) is 4.93 Å². The number of aryl methyl sites for hydroxylation is 1. The maximum absolute atomic E-state index is 2.54. The van der Waals surface area contributed by atoms with E-state index in [4.69, 9.17) is 0 Å². The first-order chi connectivity index (χ1) is 9.20. The van der Waals surface area contributed by atoms with Gasteiger partial charge in [0.2, 0.25) is 0 Å². The van der Waals surface area contributed by atoms with Crippen LogP contribution in [0, 0.1) is 5.77 Å². The van der Waals surface area contributed by atoms with E-state index in [1.54, 1.807) is 0 Å². The molecule has 19 heavy (non-hydrogen) atoms. The van der Waals surface area contributed by atoms with E-state index < -0.39 is 0 Å². The summed E-state index contributed by atoms with van der Waals surface area (Å²) < 4.78 is 8.31. The normalized spacial score (nSPS) is 11.9. The standard InChI is InChI=1S/C14H15I2NS2/c1-2-3-4-5-6-17-9-7-11(15)18-13(9)14-10(17)8-12(16)19-14/h7-8H,2-6H2,1H3. The Hall–Kier alpha value is 0.660. The van der Waals surface area contributed by atoms with Gasteiger partial charge in [-0.1, -0.05) is 26.2 Å². The minimum absolute atomic E-state index is 1.17. The predicted molar refractivity (Wildman–Crippen MR) is 105 cm³/mol. The number of rotatable bonds is 5. The van der Waals surface area contributed by atoms with Gasteiger partial charge in [-0.3, -0.25) is 0 Å². The van der Waals surface area contributed by atoms with Gasteiger partial charge in [0, 0.05) is 6.54 Å². The van der Waals surface area contributed by atoms with E-state index in [0.717, 1.165) is 0 Å². The molecular formula is C14H15I2NS2. The molecule has 5 heteroatoms. The number of halogens is 2. The molecule has 0 radical (unpaired) electrons. The largest absolute Gasteiger partial charge is 0.339 e. The van der Waals surface area contributed by atoms with E-state index in [2.05, 4.69) is 68.8 Å². The Morgan fingerprint density at radius 1 is 0.947 bits per heavy atom. The van der Waals surface area contributed by atoms with Crippen LogP contribution < -0.4 is 0 Å². The molecule has 0 unspecified atom stereocenters. The molecule has 0 fully saturated rings. The summed E-state index contributed by atoms with van der Waals surface area (Å²) >= 11 is 8.75. The Morgan fingerprint density at radius 3 is 2.05 bits per heavy atom. The molecule has 0 amide bonds. The van der Waals surface area contributed by atoms with Crippen molar-refractivity contribution in [2.45, 2.75) is 39.2 Å². The third-order valence-corrected chi connectivity index (χ3v) is 7.32. The Kier molecular flexibility index (Phi) is 4.75. The number of aromatic nitrogens is 1. The highest BCUT2D eigenvalue weighted by atomic mass is 127. The van der Waals surface area contributed by atoms with E-state index in [-0.39, 0.29) is 0 Å². The number of nitrogens with zero attached hydrogens (tertiary/aromatic N) is 1. The van der Waals surface area contributed by atoms with Crippen LogP contribution in [0.1, 0.15) is 32.6 Å². The van der Waals surface area contributed by atoms with Crippen LogP contribution in [0.25, 0.3) is 20.4 Å². The van der Waals surface area contributed by atoms with Gasteiger partial charge in [-0.15, -0.1) is 22.7 Å². The van der Waals surface area contributed by atoms with E-state index in [0.29, 0.717) is 0 Å². The van der Waals surface area contributed by atoms with E-state index in [1.165, 1.54) is 58.4 Å². The zero-order valence-electron chi connectivity index (χ0n) is 10.7. The van der Waals surface area contributed by atoms with Crippen LogP contribution in [0.4, 0.5) is 0 Å². The smallest absolute Gasteiger partial charge is 0.0712 e. The molecule has 0 bridgehead atoms. The van der Waals surface area contributed by atoms with Gasteiger partial charge in [0.25, 0.3) is 0 Å². The first kappa shape index (κ1) is 14.6. The third kappa shape index (κ3) is 2.85. The van der Waals surface area contributed by atoms with Crippen LogP contribution in [-0.2, 0) is 6.54 Å². The van der Waals surface area contributed by atoms with Crippen molar-refractivity contribution in [3.8, 4) is 0 Å². The average Bonchev–Trinajstić information content (AvgIpc) is 2.98. The van der Waals surface area contributed by atoms with Crippen molar-refractivity contribution in [2.75, 3.05) is 0 Å². The SMILES string of the molecule is CCCCCCn1c2cc(I)sc2c2sc(I)cc21. The molecule has 0 aliphatic carbocycles. The molecule has 3 aromatic rings. The highest BCUT2D eigenvalue weighted by Gasteiger charge is 2.15. The third-order valence-electron chi connectivity index (χ3n) is 3.39. The Bertz CT molecular complexity index is 654. The summed E-state index contributed by atoms with van der Waals surface area (Å²) in [4.78, 5) is 0. The summed E-state index contributed by atoms with van der Waals surface area (Å²) in [7, 11) is 0. The van der Waals surface area contributed by atoms with Crippen LogP contribution in [-0.4, -0.2) is 4.57 Å². The van der Waals surface area contributed by atoms with Gasteiger partial charge < -0.3 is 4.57 Å². The van der Waals surface area contributed by atoms with E-state index >= 15 is 0 Å². The quantitative estimate of drug-likeness (QED) is 0.263. The number of fused-ring (bicyclic) bond motifs is 3. The molecule has 0 saturated heterocycles. The van der Waals surface area contributed by atoms with Crippen LogP contribution in [0.3, 0.4) is 0 Å². The fraction of sp³-hybridized carbons (Fsp3) is 0.429. The van der Waals surface area contributed by atoms with Crippen molar-refractivity contribution in [1.29, 1.82) is 0 Å². The van der Waals surface area contributed by atoms with Crippen molar-refractivity contribution < 1.29 is 0 Å². The molecule has 3 rings (SSSR count). The highest BCUT2D eigenvalue weighted by molar-refractivity contribution is 14.1. The maximum Gasteiger partial charge on any atom is 0.0712 e. The Labute approximate surface area is 148 Å². The summed E-state index contributed by atoms with van der Waals surface area (Å²) in [5.41, 5.74) is 2.90. The molecule has 3 heterocycles. The monoisotopic (exact) mass is 515 g/mol. The van der Waals surface area contributed by atoms with E-state index in [9.17, 15) is 0 Å². The second kappa shape index (κ2) is 6.19. The molecule has 0 saturated carbocycles. The van der Waals surface area contributed by atoms with Crippen LogP contribution in [0.2, 0.25) is 0 Å². The van der Waals surface area contributed by atoms with Gasteiger partial charge in [-0.05, 0) is 63.7 Å². The van der Waals surface area contributed by atoms with Crippen LogP contribution in [0.15, 0.2) is 12.1 Å². The van der Waals surface area contributed by atoms with Crippen molar-refractivity contribution in [3.63, 3.8) is 0 Å². The zero-order chi connectivity index (χ0) is 13.4.